The van der Waals surface area contributed by atoms with E-state index in [1.54, 1.807) is 12.1 Å². The molecule has 5 heteroatoms. The van der Waals surface area contributed by atoms with Crippen LogP contribution in [0.15, 0.2) is 46.9 Å². The highest BCUT2D eigenvalue weighted by Crippen LogP contribution is 2.17. The Morgan fingerprint density at radius 3 is 2.19 bits per heavy atom. The summed E-state index contributed by atoms with van der Waals surface area (Å²) in [6, 6.07) is 5.94. The highest BCUT2D eigenvalue weighted by molar-refractivity contribution is 5.35. The predicted molar refractivity (Wildman–Crippen MR) is 59.4 cm³/mol. The number of benzene rings is 1. The van der Waals surface area contributed by atoms with Gasteiger partial charge in [0.15, 0.2) is 0 Å². The average Bonchev–Trinajstić information content (AvgIpc) is 2.59. The SMILES string of the molecule is CN1C=CN(C)C1/N=N/c1ccc(F)cc1. The van der Waals surface area contributed by atoms with Gasteiger partial charge in [-0.3, -0.25) is 0 Å². The molecule has 0 aliphatic carbocycles. The van der Waals surface area contributed by atoms with Crippen LogP contribution in [0.25, 0.3) is 0 Å². The first-order valence-electron chi connectivity index (χ1n) is 4.95. The molecule has 0 bridgehead atoms. The van der Waals surface area contributed by atoms with Crippen LogP contribution in [-0.2, 0) is 0 Å². The molecule has 1 aromatic carbocycles. The fourth-order valence-corrected chi connectivity index (χ4v) is 1.44. The van der Waals surface area contributed by atoms with Crippen molar-refractivity contribution in [1.29, 1.82) is 0 Å². The Morgan fingerprint density at radius 2 is 1.62 bits per heavy atom. The molecule has 16 heavy (non-hydrogen) atoms. The summed E-state index contributed by atoms with van der Waals surface area (Å²) in [6.07, 6.45) is 3.73. The van der Waals surface area contributed by atoms with Crippen LogP contribution in [0, 0.1) is 5.82 Å². The quantitative estimate of drug-likeness (QED) is 0.717. The summed E-state index contributed by atoms with van der Waals surface area (Å²) >= 11 is 0. The van der Waals surface area contributed by atoms with E-state index >= 15 is 0 Å². The van der Waals surface area contributed by atoms with Crippen molar-refractivity contribution in [3.63, 3.8) is 0 Å². The van der Waals surface area contributed by atoms with Gasteiger partial charge < -0.3 is 9.80 Å². The smallest absolute Gasteiger partial charge is 0.217 e. The average molecular weight is 220 g/mol. The molecule has 0 spiro atoms. The normalized spacial score (nSPS) is 16.7. The maximum Gasteiger partial charge on any atom is 0.217 e. The third kappa shape index (κ3) is 2.18. The minimum atomic E-state index is -0.268. The van der Waals surface area contributed by atoms with Crippen molar-refractivity contribution >= 4 is 5.69 Å². The topological polar surface area (TPSA) is 31.2 Å². The Kier molecular flexibility index (Phi) is 2.85. The van der Waals surface area contributed by atoms with Crippen molar-refractivity contribution in [2.75, 3.05) is 14.1 Å². The summed E-state index contributed by atoms with van der Waals surface area (Å²) in [4.78, 5) is 3.88. The van der Waals surface area contributed by atoms with Crippen molar-refractivity contribution in [3.05, 3.63) is 42.5 Å². The van der Waals surface area contributed by atoms with Crippen molar-refractivity contribution in [3.8, 4) is 0 Å². The highest BCUT2D eigenvalue weighted by Gasteiger charge is 2.18. The molecule has 0 aromatic heterocycles. The fraction of sp³-hybridized carbons (Fsp3) is 0.273. The molecule has 0 saturated heterocycles. The lowest BCUT2D eigenvalue weighted by Gasteiger charge is -2.21. The summed E-state index contributed by atoms with van der Waals surface area (Å²) < 4.78 is 12.7. The summed E-state index contributed by atoms with van der Waals surface area (Å²) in [5, 5.41) is 8.24. The molecule has 0 saturated carbocycles. The van der Waals surface area contributed by atoms with Crippen LogP contribution in [0.1, 0.15) is 0 Å². The zero-order chi connectivity index (χ0) is 11.5. The van der Waals surface area contributed by atoms with Gasteiger partial charge in [-0.25, -0.2) is 4.39 Å². The van der Waals surface area contributed by atoms with E-state index in [2.05, 4.69) is 10.2 Å². The number of hydrogen-bond acceptors (Lipinski definition) is 4. The second-order valence-corrected chi connectivity index (χ2v) is 3.67. The van der Waals surface area contributed by atoms with E-state index in [4.69, 9.17) is 0 Å². The number of halogens is 1. The molecule has 1 aliphatic heterocycles. The number of hydrogen-bond donors (Lipinski definition) is 0. The molecule has 0 N–H and O–H groups in total. The van der Waals surface area contributed by atoms with Crippen LogP contribution in [-0.4, -0.2) is 30.2 Å². The first-order chi connectivity index (χ1) is 7.66. The fourth-order valence-electron chi connectivity index (χ4n) is 1.44. The molecule has 84 valence electrons. The molecule has 1 heterocycles. The van der Waals surface area contributed by atoms with Gasteiger partial charge in [-0.05, 0) is 24.3 Å². The van der Waals surface area contributed by atoms with E-state index in [1.165, 1.54) is 12.1 Å². The Hall–Kier alpha value is -1.91. The van der Waals surface area contributed by atoms with E-state index in [0.29, 0.717) is 5.69 Å². The maximum atomic E-state index is 12.7. The van der Waals surface area contributed by atoms with Crippen LogP contribution in [0.3, 0.4) is 0 Å². The Bertz CT molecular complexity index is 400. The monoisotopic (exact) mass is 220 g/mol. The zero-order valence-electron chi connectivity index (χ0n) is 9.21. The Balaban J connectivity index is 2.07. The summed E-state index contributed by atoms with van der Waals surface area (Å²) in [6.45, 7) is 0. The van der Waals surface area contributed by atoms with Gasteiger partial charge in [0, 0.05) is 26.5 Å². The molecule has 4 nitrogen and oxygen atoms in total. The zero-order valence-corrected chi connectivity index (χ0v) is 9.21. The van der Waals surface area contributed by atoms with Gasteiger partial charge in [-0.2, -0.15) is 5.11 Å². The molecule has 0 atom stereocenters. The van der Waals surface area contributed by atoms with Crippen molar-refractivity contribution in [1.82, 2.24) is 9.80 Å². The standard InChI is InChI=1S/C11H13FN4/c1-15-7-8-16(2)11(15)14-13-10-5-3-9(12)4-6-10/h3-8,11H,1-2H3/b14-13+. The minimum Gasteiger partial charge on any atom is -0.340 e. The molecule has 0 fully saturated rings. The minimum absolute atomic E-state index is 0.120. The predicted octanol–water partition coefficient (Wildman–Crippen LogP) is 2.54. The first-order valence-corrected chi connectivity index (χ1v) is 4.95. The number of nitrogens with zero attached hydrogens (tertiary/aromatic N) is 4. The maximum absolute atomic E-state index is 12.7. The van der Waals surface area contributed by atoms with Crippen molar-refractivity contribution in [2.24, 2.45) is 10.2 Å². The summed E-state index contributed by atoms with van der Waals surface area (Å²) in [7, 11) is 3.85. The lowest BCUT2D eigenvalue weighted by atomic mass is 10.3. The van der Waals surface area contributed by atoms with Crippen LogP contribution >= 0.6 is 0 Å². The van der Waals surface area contributed by atoms with Gasteiger partial charge in [0.1, 0.15) is 5.82 Å². The molecule has 1 aromatic rings. The Morgan fingerprint density at radius 1 is 1.06 bits per heavy atom. The van der Waals surface area contributed by atoms with Gasteiger partial charge in [-0.1, -0.05) is 0 Å². The molecule has 0 unspecified atom stereocenters. The summed E-state index contributed by atoms with van der Waals surface area (Å²) in [5.74, 6) is -0.268. The van der Waals surface area contributed by atoms with Gasteiger partial charge in [-0.15, -0.1) is 5.11 Å². The number of rotatable bonds is 2. The van der Waals surface area contributed by atoms with Gasteiger partial charge in [0.2, 0.25) is 6.29 Å². The van der Waals surface area contributed by atoms with E-state index < -0.39 is 0 Å². The molecule has 1 aliphatic rings. The van der Waals surface area contributed by atoms with Gasteiger partial charge >= 0.3 is 0 Å². The van der Waals surface area contributed by atoms with Crippen LogP contribution in [0.4, 0.5) is 10.1 Å². The lowest BCUT2D eigenvalue weighted by Crippen LogP contribution is -2.31. The Labute approximate surface area is 93.7 Å². The summed E-state index contributed by atoms with van der Waals surface area (Å²) in [5.41, 5.74) is 0.648. The largest absolute Gasteiger partial charge is 0.340 e. The molecule has 2 rings (SSSR count). The van der Waals surface area contributed by atoms with E-state index in [0.717, 1.165) is 0 Å². The van der Waals surface area contributed by atoms with E-state index in [-0.39, 0.29) is 12.1 Å². The van der Waals surface area contributed by atoms with E-state index in [1.807, 2.05) is 36.3 Å². The van der Waals surface area contributed by atoms with Crippen molar-refractivity contribution in [2.45, 2.75) is 6.29 Å². The van der Waals surface area contributed by atoms with Crippen LogP contribution in [0.2, 0.25) is 0 Å². The second kappa shape index (κ2) is 4.30. The van der Waals surface area contributed by atoms with Crippen LogP contribution in [0.5, 0.6) is 0 Å². The molecular weight excluding hydrogens is 207 g/mol. The lowest BCUT2D eigenvalue weighted by molar-refractivity contribution is 0.206. The molecule has 0 radical (unpaired) electrons. The van der Waals surface area contributed by atoms with Crippen LogP contribution < -0.4 is 0 Å². The highest BCUT2D eigenvalue weighted by atomic mass is 19.1. The second-order valence-electron chi connectivity index (χ2n) is 3.67. The molecule has 0 amide bonds. The third-order valence-electron chi connectivity index (χ3n) is 2.37. The van der Waals surface area contributed by atoms with Gasteiger partial charge in [0.05, 0.1) is 5.69 Å². The molecular formula is C11H13FN4. The third-order valence-corrected chi connectivity index (χ3v) is 2.37. The number of azo groups is 1. The first kappa shape index (κ1) is 10.6. The van der Waals surface area contributed by atoms with Gasteiger partial charge in [0.25, 0.3) is 0 Å². The van der Waals surface area contributed by atoms with E-state index in [9.17, 15) is 4.39 Å². The van der Waals surface area contributed by atoms with Crippen molar-refractivity contribution < 1.29 is 4.39 Å².